The van der Waals surface area contributed by atoms with Gasteiger partial charge in [0.05, 0.1) is 0 Å². The van der Waals surface area contributed by atoms with Crippen LogP contribution in [0.2, 0.25) is 0 Å². The summed E-state index contributed by atoms with van der Waals surface area (Å²) >= 11 is 1.91. The molecule has 0 aromatic heterocycles. The molecule has 23 heavy (non-hydrogen) atoms. The molecular weight excluding hydrogens is 298 g/mol. The molecule has 2 aromatic rings. The number of hydrogen-bond acceptors (Lipinski definition) is 2. The van der Waals surface area contributed by atoms with Crippen molar-refractivity contribution in [2.75, 3.05) is 13.1 Å². The third-order valence-corrected chi connectivity index (χ3v) is 5.30. The first kappa shape index (κ1) is 18.1. The topological polar surface area (TPSA) is 12.0 Å². The molecule has 0 saturated heterocycles. The Hall–Kier alpha value is -1.25. The van der Waals surface area contributed by atoms with Crippen molar-refractivity contribution in [1.29, 1.82) is 0 Å². The number of rotatable bonds is 9. The van der Waals surface area contributed by atoms with Gasteiger partial charge in [0.2, 0.25) is 0 Å². The molecule has 0 aliphatic carbocycles. The van der Waals surface area contributed by atoms with Gasteiger partial charge in [-0.3, -0.25) is 0 Å². The molecular formula is C21H29NS. The second-order valence-electron chi connectivity index (χ2n) is 6.19. The normalized spacial score (nSPS) is 10.9. The lowest BCUT2D eigenvalue weighted by atomic mass is 10.1. The zero-order valence-corrected chi connectivity index (χ0v) is 15.5. The fourth-order valence-corrected chi connectivity index (χ4v) is 3.75. The Bertz CT molecular complexity index is 607. The van der Waals surface area contributed by atoms with Gasteiger partial charge < -0.3 is 5.32 Å². The molecule has 0 radical (unpaired) electrons. The largest absolute Gasteiger partial charge is 0.317 e. The Balaban J connectivity index is 1.94. The Morgan fingerprint density at radius 3 is 2.52 bits per heavy atom. The number of aryl methyl sites for hydroxylation is 3. The molecule has 0 unspecified atom stereocenters. The van der Waals surface area contributed by atoms with Crippen molar-refractivity contribution >= 4 is 11.8 Å². The van der Waals surface area contributed by atoms with Crippen LogP contribution in [-0.4, -0.2) is 13.1 Å². The molecule has 0 atom stereocenters. The van der Waals surface area contributed by atoms with Crippen molar-refractivity contribution < 1.29 is 0 Å². The van der Waals surface area contributed by atoms with Gasteiger partial charge in [0.25, 0.3) is 0 Å². The van der Waals surface area contributed by atoms with E-state index in [0.717, 1.165) is 13.1 Å². The van der Waals surface area contributed by atoms with Crippen LogP contribution in [0.25, 0.3) is 0 Å². The van der Waals surface area contributed by atoms with Crippen molar-refractivity contribution in [2.24, 2.45) is 0 Å². The van der Waals surface area contributed by atoms with E-state index in [1.165, 1.54) is 52.2 Å². The minimum atomic E-state index is 1.14. The van der Waals surface area contributed by atoms with Crippen LogP contribution in [-0.2, 0) is 6.42 Å². The van der Waals surface area contributed by atoms with Gasteiger partial charge in [0, 0.05) is 9.79 Å². The van der Waals surface area contributed by atoms with Crippen LogP contribution < -0.4 is 5.32 Å². The van der Waals surface area contributed by atoms with Crippen molar-refractivity contribution in [2.45, 2.75) is 56.2 Å². The quantitative estimate of drug-likeness (QED) is 0.586. The van der Waals surface area contributed by atoms with Crippen LogP contribution in [0.15, 0.2) is 52.3 Å². The number of unbranched alkanes of at least 4 members (excludes halogenated alkanes) is 1. The number of nitrogens with one attached hydrogen (secondary N) is 1. The summed E-state index contributed by atoms with van der Waals surface area (Å²) in [5.41, 5.74) is 4.18. The molecule has 2 aromatic carbocycles. The Labute approximate surface area is 145 Å². The third-order valence-electron chi connectivity index (χ3n) is 4.00. The summed E-state index contributed by atoms with van der Waals surface area (Å²) in [4.78, 5) is 2.77. The Morgan fingerprint density at radius 1 is 0.913 bits per heavy atom. The van der Waals surface area contributed by atoms with E-state index >= 15 is 0 Å². The first-order valence-corrected chi connectivity index (χ1v) is 9.56. The lowest BCUT2D eigenvalue weighted by Crippen LogP contribution is -2.15. The maximum Gasteiger partial charge on any atom is 0.0154 e. The van der Waals surface area contributed by atoms with Gasteiger partial charge in [-0.05, 0) is 75.9 Å². The van der Waals surface area contributed by atoms with Gasteiger partial charge in [-0.15, -0.1) is 0 Å². The van der Waals surface area contributed by atoms with Crippen LogP contribution in [0.5, 0.6) is 0 Å². The van der Waals surface area contributed by atoms with E-state index in [1.54, 1.807) is 0 Å². The summed E-state index contributed by atoms with van der Waals surface area (Å²) in [5, 5.41) is 3.48. The maximum absolute atomic E-state index is 3.48. The fraction of sp³-hybridized carbons (Fsp3) is 0.429. The van der Waals surface area contributed by atoms with Crippen LogP contribution in [0.1, 0.15) is 42.9 Å². The van der Waals surface area contributed by atoms with Gasteiger partial charge in [-0.1, -0.05) is 54.6 Å². The highest BCUT2D eigenvalue weighted by Crippen LogP contribution is 2.33. The van der Waals surface area contributed by atoms with Crippen molar-refractivity contribution in [3.63, 3.8) is 0 Å². The summed E-state index contributed by atoms with van der Waals surface area (Å²) < 4.78 is 0. The predicted octanol–water partition coefficient (Wildman–Crippen LogP) is 5.78. The monoisotopic (exact) mass is 327 g/mol. The molecule has 124 valence electrons. The van der Waals surface area contributed by atoms with E-state index < -0.39 is 0 Å². The first-order valence-electron chi connectivity index (χ1n) is 8.74. The first-order chi connectivity index (χ1) is 11.2. The fourth-order valence-electron chi connectivity index (χ4n) is 2.71. The summed E-state index contributed by atoms with van der Waals surface area (Å²) in [7, 11) is 0. The molecule has 0 bridgehead atoms. The third kappa shape index (κ3) is 6.04. The van der Waals surface area contributed by atoms with Crippen LogP contribution in [0.3, 0.4) is 0 Å². The lowest BCUT2D eigenvalue weighted by molar-refractivity contribution is 0.615. The van der Waals surface area contributed by atoms with Crippen LogP contribution in [0.4, 0.5) is 0 Å². The predicted molar refractivity (Wildman–Crippen MR) is 103 cm³/mol. The molecule has 0 amide bonds. The van der Waals surface area contributed by atoms with E-state index in [-0.39, 0.29) is 0 Å². The number of benzene rings is 2. The van der Waals surface area contributed by atoms with Gasteiger partial charge in [-0.2, -0.15) is 0 Å². The molecule has 0 aliphatic rings. The van der Waals surface area contributed by atoms with Crippen molar-refractivity contribution in [1.82, 2.24) is 5.32 Å². The summed E-state index contributed by atoms with van der Waals surface area (Å²) in [6.45, 7) is 8.85. The SMILES string of the molecule is CCCNCCCCc1ccccc1Sc1ccc(C)cc1C. The van der Waals surface area contributed by atoms with Crippen LogP contribution in [0, 0.1) is 13.8 Å². The molecule has 0 heterocycles. The average Bonchev–Trinajstić information content (AvgIpc) is 2.55. The highest BCUT2D eigenvalue weighted by atomic mass is 32.2. The summed E-state index contributed by atoms with van der Waals surface area (Å²) in [6.07, 6.45) is 4.89. The van der Waals surface area contributed by atoms with Crippen molar-refractivity contribution in [3.05, 3.63) is 59.2 Å². The van der Waals surface area contributed by atoms with E-state index in [4.69, 9.17) is 0 Å². The second-order valence-corrected chi connectivity index (χ2v) is 7.27. The average molecular weight is 328 g/mol. The molecule has 0 spiro atoms. The molecule has 1 N–H and O–H groups in total. The van der Waals surface area contributed by atoms with E-state index in [1.807, 2.05) is 11.8 Å². The molecule has 0 aliphatic heterocycles. The van der Waals surface area contributed by atoms with Gasteiger partial charge >= 0.3 is 0 Å². The highest BCUT2D eigenvalue weighted by molar-refractivity contribution is 7.99. The zero-order valence-electron chi connectivity index (χ0n) is 14.7. The smallest absolute Gasteiger partial charge is 0.0154 e. The Morgan fingerprint density at radius 2 is 1.74 bits per heavy atom. The summed E-state index contributed by atoms with van der Waals surface area (Å²) in [5.74, 6) is 0. The van der Waals surface area contributed by atoms with Gasteiger partial charge in [0.15, 0.2) is 0 Å². The maximum atomic E-state index is 3.48. The molecule has 2 rings (SSSR count). The lowest BCUT2D eigenvalue weighted by Gasteiger charge is -2.11. The zero-order chi connectivity index (χ0) is 16.5. The van der Waals surface area contributed by atoms with E-state index in [2.05, 4.69) is 68.6 Å². The second kappa shape index (κ2) is 9.79. The molecule has 0 saturated carbocycles. The van der Waals surface area contributed by atoms with Gasteiger partial charge in [0.1, 0.15) is 0 Å². The molecule has 1 nitrogen and oxygen atoms in total. The standard InChI is InChI=1S/C21H29NS/c1-4-14-22-15-8-7-10-19-9-5-6-11-21(19)23-20-13-12-17(2)16-18(20)3/h5-6,9,11-13,16,22H,4,7-8,10,14-15H2,1-3H3. The minimum Gasteiger partial charge on any atom is -0.317 e. The Kier molecular flexibility index (Phi) is 7.70. The van der Waals surface area contributed by atoms with E-state index in [0.29, 0.717) is 0 Å². The minimum absolute atomic E-state index is 1.14. The molecule has 2 heteroatoms. The van der Waals surface area contributed by atoms with Crippen molar-refractivity contribution in [3.8, 4) is 0 Å². The number of hydrogen-bond donors (Lipinski definition) is 1. The van der Waals surface area contributed by atoms with E-state index in [9.17, 15) is 0 Å². The molecule has 0 fully saturated rings. The van der Waals surface area contributed by atoms with Gasteiger partial charge in [-0.25, -0.2) is 0 Å². The highest BCUT2D eigenvalue weighted by Gasteiger charge is 2.06. The van der Waals surface area contributed by atoms with Crippen LogP contribution >= 0.6 is 11.8 Å². The summed E-state index contributed by atoms with van der Waals surface area (Å²) in [6, 6.07) is 15.6.